The monoisotopic (exact) mass is 387 g/mol. The number of thioether (sulfide) groups is 1. The molecular weight excluding hydrogens is 358 g/mol. The molecule has 2 heterocycles. The molecule has 1 amide bonds. The van der Waals surface area contributed by atoms with E-state index in [-0.39, 0.29) is 5.91 Å². The van der Waals surface area contributed by atoms with E-state index < -0.39 is 0 Å². The van der Waals surface area contributed by atoms with Crippen LogP contribution in [-0.2, 0) is 17.9 Å². The summed E-state index contributed by atoms with van der Waals surface area (Å²) in [4.78, 5) is 14.6. The predicted molar refractivity (Wildman–Crippen MR) is 110 cm³/mol. The Kier molecular flexibility index (Phi) is 6.77. The van der Waals surface area contributed by atoms with Crippen LogP contribution in [0.25, 0.3) is 0 Å². The number of rotatable bonds is 7. The van der Waals surface area contributed by atoms with Crippen LogP contribution >= 0.6 is 11.8 Å². The summed E-state index contributed by atoms with van der Waals surface area (Å²) in [6, 6.07) is 8.65. The molecule has 1 atom stereocenters. The molecule has 1 fully saturated rings. The molecule has 7 heteroatoms. The van der Waals surface area contributed by atoms with Gasteiger partial charge in [-0.05, 0) is 52.2 Å². The molecule has 1 aromatic carbocycles. The molecule has 1 saturated heterocycles. The van der Waals surface area contributed by atoms with Crippen molar-refractivity contribution in [2.45, 2.75) is 64.3 Å². The number of hydrogen-bond donors (Lipinski definition) is 1. The minimum Gasteiger partial charge on any atom is -0.378 e. The number of aryl methyl sites for hydroxylation is 1. The largest absolute Gasteiger partial charge is 0.378 e. The summed E-state index contributed by atoms with van der Waals surface area (Å²) in [5, 5.41) is 12.9. The van der Waals surface area contributed by atoms with Gasteiger partial charge in [0.2, 0.25) is 5.91 Å². The van der Waals surface area contributed by atoms with E-state index in [0.717, 1.165) is 42.6 Å². The van der Waals surface area contributed by atoms with Crippen molar-refractivity contribution in [2.24, 2.45) is 0 Å². The average Bonchev–Trinajstić information content (AvgIpc) is 3.08. The van der Waals surface area contributed by atoms with Gasteiger partial charge in [-0.25, -0.2) is 0 Å². The Balaban J connectivity index is 1.58. The van der Waals surface area contributed by atoms with Crippen LogP contribution in [0.3, 0.4) is 0 Å². The first-order valence-electron chi connectivity index (χ1n) is 9.73. The number of benzene rings is 1. The van der Waals surface area contributed by atoms with Crippen LogP contribution in [0.4, 0.5) is 5.69 Å². The molecule has 1 aliphatic heterocycles. The second-order valence-electron chi connectivity index (χ2n) is 7.08. The van der Waals surface area contributed by atoms with Gasteiger partial charge in [-0.2, -0.15) is 0 Å². The smallest absolute Gasteiger partial charge is 0.233 e. The van der Waals surface area contributed by atoms with Crippen molar-refractivity contribution in [1.29, 1.82) is 0 Å². The molecule has 6 nitrogen and oxygen atoms in total. The van der Waals surface area contributed by atoms with Gasteiger partial charge in [0.05, 0.1) is 12.3 Å². The molecule has 3 rings (SSSR count). The normalized spacial score (nSPS) is 17.1. The molecule has 146 valence electrons. The van der Waals surface area contributed by atoms with Crippen LogP contribution in [0, 0.1) is 6.92 Å². The molecular formula is C20H29N5OS. The zero-order chi connectivity index (χ0) is 19.2. The topological polar surface area (TPSA) is 63.1 Å². The van der Waals surface area contributed by atoms with Crippen molar-refractivity contribution in [2.75, 3.05) is 17.6 Å². The third-order valence-electron chi connectivity index (χ3n) is 5.06. The maximum atomic E-state index is 12.6. The Hall–Kier alpha value is -2.02. The van der Waals surface area contributed by atoms with Crippen LogP contribution < -0.4 is 5.32 Å². The van der Waals surface area contributed by atoms with E-state index in [2.05, 4.69) is 65.1 Å². The molecule has 27 heavy (non-hydrogen) atoms. The Morgan fingerprint density at radius 1 is 1.26 bits per heavy atom. The summed E-state index contributed by atoms with van der Waals surface area (Å²) >= 11 is 1.49. The predicted octanol–water partition coefficient (Wildman–Crippen LogP) is 3.71. The number of aromatic nitrogens is 3. The summed E-state index contributed by atoms with van der Waals surface area (Å²) in [5.41, 5.74) is 2.30. The van der Waals surface area contributed by atoms with Crippen LogP contribution in [-0.4, -0.2) is 43.9 Å². The molecule has 1 aromatic heterocycles. The first-order valence-corrected chi connectivity index (χ1v) is 10.7. The second kappa shape index (κ2) is 9.26. The minimum absolute atomic E-state index is 0.206. The van der Waals surface area contributed by atoms with Crippen LogP contribution in [0.15, 0.2) is 29.4 Å². The third-order valence-corrected chi connectivity index (χ3v) is 6.01. The molecule has 0 saturated carbocycles. The highest BCUT2D eigenvalue weighted by atomic mass is 32.2. The zero-order valence-electron chi connectivity index (χ0n) is 16.4. The van der Waals surface area contributed by atoms with Crippen molar-refractivity contribution in [3.63, 3.8) is 0 Å². The standard InChI is InChI=1S/C20H29N5OS/c1-4-24-18(13-21-17-10-8-15(2)9-11-17)22-23-20(24)27-14-19(26)25-12-6-5-7-16(25)3/h8-11,16,21H,4-7,12-14H2,1-3H3/t16-/m0/s1. The minimum atomic E-state index is 0.206. The van der Waals surface area contributed by atoms with E-state index in [0.29, 0.717) is 18.3 Å². The van der Waals surface area contributed by atoms with Gasteiger partial charge < -0.3 is 14.8 Å². The molecule has 0 radical (unpaired) electrons. The van der Waals surface area contributed by atoms with E-state index in [1.807, 2.05) is 4.90 Å². The number of nitrogens with one attached hydrogen (secondary N) is 1. The second-order valence-corrected chi connectivity index (χ2v) is 8.03. The lowest BCUT2D eigenvalue weighted by molar-refractivity contribution is -0.131. The van der Waals surface area contributed by atoms with Crippen molar-refractivity contribution >= 4 is 23.4 Å². The Bertz CT molecular complexity index is 758. The van der Waals surface area contributed by atoms with E-state index in [9.17, 15) is 4.79 Å². The van der Waals surface area contributed by atoms with Crippen molar-refractivity contribution in [3.8, 4) is 0 Å². The third kappa shape index (κ3) is 5.03. The lowest BCUT2D eigenvalue weighted by Crippen LogP contribution is -2.43. The number of amides is 1. The maximum Gasteiger partial charge on any atom is 0.233 e. The molecule has 2 aromatic rings. The number of likely N-dealkylation sites (tertiary alicyclic amines) is 1. The highest BCUT2D eigenvalue weighted by Gasteiger charge is 2.23. The van der Waals surface area contributed by atoms with Crippen LogP contribution in [0.1, 0.15) is 44.5 Å². The van der Waals surface area contributed by atoms with E-state index in [1.165, 1.54) is 23.7 Å². The molecule has 0 unspecified atom stereocenters. The lowest BCUT2D eigenvalue weighted by Gasteiger charge is -2.33. The summed E-state index contributed by atoms with van der Waals surface area (Å²) in [6.45, 7) is 8.58. The van der Waals surface area contributed by atoms with Gasteiger partial charge in [0, 0.05) is 24.8 Å². The Morgan fingerprint density at radius 2 is 2.04 bits per heavy atom. The fraction of sp³-hybridized carbons (Fsp3) is 0.550. The zero-order valence-corrected chi connectivity index (χ0v) is 17.3. The van der Waals surface area contributed by atoms with Gasteiger partial charge in [-0.1, -0.05) is 29.5 Å². The van der Waals surface area contributed by atoms with Crippen molar-refractivity contribution in [1.82, 2.24) is 19.7 Å². The van der Waals surface area contributed by atoms with E-state index >= 15 is 0 Å². The van der Waals surface area contributed by atoms with Gasteiger partial charge >= 0.3 is 0 Å². The quantitative estimate of drug-likeness (QED) is 0.734. The van der Waals surface area contributed by atoms with Gasteiger partial charge in [-0.15, -0.1) is 10.2 Å². The average molecular weight is 388 g/mol. The SMILES string of the molecule is CCn1c(CNc2ccc(C)cc2)nnc1SCC(=O)N1CCCC[C@@H]1C. The van der Waals surface area contributed by atoms with Gasteiger partial charge in [0.25, 0.3) is 0 Å². The van der Waals surface area contributed by atoms with E-state index in [4.69, 9.17) is 0 Å². The fourth-order valence-corrected chi connectivity index (χ4v) is 4.31. The number of piperidine rings is 1. The summed E-state index contributed by atoms with van der Waals surface area (Å²) in [7, 11) is 0. The molecule has 1 aliphatic rings. The Labute approximate surface area is 165 Å². The Morgan fingerprint density at radius 3 is 2.74 bits per heavy atom. The number of carbonyl (C=O) groups is 1. The van der Waals surface area contributed by atoms with Crippen LogP contribution in [0.2, 0.25) is 0 Å². The number of nitrogens with zero attached hydrogens (tertiary/aromatic N) is 4. The highest BCUT2D eigenvalue weighted by Crippen LogP contribution is 2.22. The molecule has 1 N–H and O–H groups in total. The number of hydrogen-bond acceptors (Lipinski definition) is 5. The van der Waals surface area contributed by atoms with E-state index in [1.54, 1.807) is 0 Å². The molecule has 0 aliphatic carbocycles. The van der Waals surface area contributed by atoms with Crippen molar-refractivity contribution in [3.05, 3.63) is 35.7 Å². The van der Waals surface area contributed by atoms with Crippen molar-refractivity contribution < 1.29 is 4.79 Å². The summed E-state index contributed by atoms with van der Waals surface area (Å²) < 4.78 is 2.08. The van der Waals surface area contributed by atoms with Gasteiger partial charge in [-0.3, -0.25) is 4.79 Å². The lowest BCUT2D eigenvalue weighted by atomic mass is 10.0. The summed E-state index contributed by atoms with van der Waals surface area (Å²) in [5.74, 6) is 1.52. The molecule has 0 bridgehead atoms. The fourth-order valence-electron chi connectivity index (χ4n) is 3.40. The van der Waals surface area contributed by atoms with Gasteiger partial charge in [0.1, 0.15) is 0 Å². The molecule has 0 spiro atoms. The summed E-state index contributed by atoms with van der Waals surface area (Å²) in [6.07, 6.45) is 3.44. The first kappa shape index (κ1) is 19.7. The maximum absolute atomic E-state index is 12.6. The van der Waals surface area contributed by atoms with Gasteiger partial charge in [0.15, 0.2) is 11.0 Å². The highest BCUT2D eigenvalue weighted by molar-refractivity contribution is 7.99. The van der Waals surface area contributed by atoms with Crippen LogP contribution in [0.5, 0.6) is 0 Å². The first-order chi connectivity index (χ1) is 13.1. The number of carbonyl (C=O) groups excluding carboxylic acids is 1. The number of anilines is 1.